The van der Waals surface area contributed by atoms with E-state index in [1.54, 1.807) is 0 Å². The van der Waals surface area contributed by atoms with Gasteiger partial charge in [0.2, 0.25) is 0 Å². The van der Waals surface area contributed by atoms with Crippen LogP contribution in [0, 0.1) is 11.8 Å². The molecule has 0 aromatic carbocycles. The van der Waals surface area contributed by atoms with Crippen LogP contribution in [-0.2, 0) is 0 Å². The second-order valence-corrected chi connectivity index (χ2v) is 5.11. The van der Waals surface area contributed by atoms with Crippen molar-refractivity contribution in [2.24, 2.45) is 11.8 Å². The van der Waals surface area contributed by atoms with Gasteiger partial charge in [0.25, 0.3) is 0 Å². The molecule has 0 radical (unpaired) electrons. The van der Waals surface area contributed by atoms with Crippen molar-refractivity contribution in [1.82, 2.24) is 4.90 Å². The van der Waals surface area contributed by atoms with Gasteiger partial charge in [0.05, 0.1) is 6.10 Å². The number of likely N-dealkylation sites (tertiary alicyclic amines) is 1. The van der Waals surface area contributed by atoms with Gasteiger partial charge >= 0.3 is 0 Å². The number of aliphatic hydroxyl groups is 1. The van der Waals surface area contributed by atoms with Gasteiger partial charge in [0.15, 0.2) is 0 Å². The number of rotatable bonds is 1. The topological polar surface area (TPSA) is 23.5 Å². The third-order valence-corrected chi connectivity index (χ3v) is 4.24. The van der Waals surface area contributed by atoms with Gasteiger partial charge in [-0.25, -0.2) is 0 Å². The van der Waals surface area contributed by atoms with E-state index in [1.165, 1.54) is 38.8 Å². The van der Waals surface area contributed by atoms with Crippen molar-refractivity contribution < 1.29 is 5.11 Å². The van der Waals surface area contributed by atoms with Gasteiger partial charge in [-0.2, -0.15) is 0 Å². The Bertz CT molecular complexity index is 206. The lowest BCUT2D eigenvalue weighted by molar-refractivity contribution is 0.0563. The van der Waals surface area contributed by atoms with Crippen LogP contribution in [0.3, 0.4) is 0 Å². The van der Waals surface area contributed by atoms with Crippen LogP contribution in [0.15, 0.2) is 0 Å². The van der Waals surface area contributed by atoms with E-state index < -0.39 is 0 Å². The number of hydrogen-bond acceptors (Lipinski definition) is 2. The quantitative estimate of drug-likeness (QED) is 0.658. The fourth-order valence-electron chi connectivity index (χ4n) is 3.26. The smallest absolute Gasteiger partial charge is 0.0695 e. The minimum atomic E-state index is -0.0182. The van der Waals surface area contributed by atoms with Crippen LogP contribution in [0.25, 0.3) is 0 Å². The fourth-order valence-corrected chi connectivity index (χ4v) is 3.26. The number of fused-ring (bicyclic) bond motifs is 1. The first-order valence-corrected chi connectivity index (χ1v) is 5.77. The summed E-state index contributed by atoms with van der Waals surface area (Å²) in [4.78, 5) is 2.56. The molecule has 13 heavy (non-hydrogen) atoms. The molecule has 0 aromatic heterocycles. The average molecular weight is 181 g/mol. The summed E-state index contributed by atoms with van der Waals surface area (Å²) in [5.74, 6) is 2.07. The number of aliphatic hydroxyl groups excluding tert-OH is 1. The van der Waals surface area contributed by atoms with Crippen LogP contribution in [0.5, 0.6) is 0 Å². The standard InChI is InChI=1S/C11H19NO/c13-11-3-1-2-10(11)12-5-4-8-6-9(8)7-12/h8-11,13H,1-7H2. The summed E-state index contributed by atoms with van der Waals surface area (Å²) < 4.78 is 0. The third-order valence-electron chi connectivity index (χ3n) is 4.24. The minimum absolute atomic E-state index is 0.0182. The van der Waals surface area contributed by atoms with Gasteiger partial charge in [0.1, 0.15) is 0 Å². The molecule has 74 valence electrons. The Morgan fingerprint density at radius 3 is 2.69 bits per heavy atom. The molecule has 0 amide bonds. The Balaban J connectivity index is 1.63. The molecule has 2 saturated carbocycles. The van der Waals surface area contributed by atoms with E-state index in [9.17, 15) is 5.11 Å². The summed E-state index contributed by atoms with van der Waals surface area (Å²) in [5, 5.41) is 9.80. The number of nitrogens with zero attached hydrogens (tertiary/aromatic N) is 1. The van der Waals surface area contributed by atoms with E-state index in [1.807, 2.05) is 0 Å². The van der Waals surface area contributed by atoms with Gasteiger partial charge in [-0.15, -0.1) is 0 Å². The van der Waals surface area contributed by atoms with E-state index in [0.717, 1.165) is 18.3 Å². The molecular formula is C11H19NO. The summed E-state index contributed by atoms with van der Waals surface area (Å²) in [6.07, 6.45) is 6.35. The second kappa shape index (κ2) is 2.96. The Morgan fingerprint density at radius 1 is 1.08 bits per heavy atom. The Labute approximate surface area is 79.9 Å². The molecule has 3 rings (SSSR count). The third kappa shape index (κ3) is 1.40. The van der Waals surface area contributed by atoms with Gasteiger partial charge in [-0.1, -0.05) is 0 Å². The monoisotopic (exact) mass is 181 g/mol. The van der Waals surface area contributed by atoms with Crippen molar-refractivity contribution in [2.45, 2.75) is 44.2 Å². The molecule has 0 aromatic rings. The SMILES string of the molecule is OC1CCCC1N1CCC2CC2C1. The van der Waals surface area contributed by atoms with Gasteiger partial charge < -0.3 is 5.11 Å². The van der Waals surface area contributed by atoms with E-state index in [2.05, 4.69) is 4.90 Å². The van der Waals surface area contributed by atoms with Crippen molar-refractivity contribution in [3.63, 3.8) is 0 Å². The molecule has 0 bridgehead atoms. The van der Waals surface area contributed by atoms with Crippen LogP contribution >= 0.6 is 0 Å². The molecule has 4 unspecified atom stereocenters. The molecule has 1 aliphatic heterocycles. The predicted octanol–water partition coefficient (Wildman–Crippen LogP) is 1.24. The van der Waals surface area contributed by atoms with E-state index in [4.69, 9.17) is 0 Å². The highest BCUT2D eigenvalue weighted by Crippen LogP contribution is 2.46. The van der Waals surface area contributed by atoms with E-state index in [-0.39, 0.29) is 6.10 Å². The lowest BCUT2D eigenvalue weighted by Crippen LogP contribution is -2.44. The highest BCUT2D eigenvalue weighted by atomic mass is 16.3. The zero-order valence-corrected chi connectivity index (χ0v) is 8.15. The molecule has 1 N–H and O–H groups in total. The highest BCUT2D eigenvalue weighted by molar-refractivity contribution is 4.97. The summed E-state index contributed by atoms with van der Waals surface area (Å²) in [5.41, 5.74) is 0. The van der Waals surface area contributed by atoms with Crippen molar-refractivity contribution in [3.8, 4) is 0 Å². The van der Waals surface area contributed by atoms with Crippen molar-refractivity contribution in [3.05, 3.63) is 0 Å². The summed E-state index contributed by atoms with van der Waals surface area (Å²) in [6, 6.07) is 0.515. The maximum Gasteiger partial charge on any atom is 0.0695 e. The van der Waals surface area contributed by atoms with E-state index in [0.29, 0.717) is 6.04 Å². The second-order valence-electron chi connectivity index (χ2n) is 5.11. The van der Waals surface area contributed by atoms with Gasteiger partial charge in [-0.05, 0) is 50.5 Å². The zero-order valence-electron chi connectivity index (χ0n) is 8.15. The molecule has 3 aliphatic rings. The molecule has 2 heteroatoms. The van der Waals surface area contributed by atoms with Crippen molar-refractivity contribution >= 4 is 0 Å². The Hall–Kier alpha value is -0.0800. The van der Waals surface area contributed by atoms with Crippen LogP contribution < -0.4 is 0 Å². The first kappa shape index (κ1) is 8.25. The first-order chi connectivity index (χ1) is 6.34. The molecule has 2 aliphatic carbocycles. The summed E-state index contributed by atoms with van der Waals surface area (Å²) >= 11 is 0. The zero-order chi connectivity index (χ0) is 8.84. The van der Waals surface area contributed by atoms with Crippen molar-refractivity contribution in [1.29, 1.82) is 0 Å². The maximum atomic E-state index is 9.80. The number of hydrogen-bond donors (Lipinski definition) is 1. The fraction of sp³-hybridized carbons (Fsp3) is 1.00. The lowest BCUT2D eigenvalue weighted by atomic mass is 10.1. The maximum absolute atomic E-state index is 9.80. The average Bonchev–Trinajstić information content (AvgIpc) is 2.79. The molecule has 3 fully saturated rings. The Kier molecular flexibility index (Phi) is 1.88. The highest BCUT2D eigenvalue weighted by Gasteiger charge is 2.44. The predicted molar refractivity (Wildman–Crippen MR) is 51.4 cm³/mol. The van der Waals surface area contributed by atoms with Crippen LogP contribution in [0.1, 0.15) is 32.1 Å². The van der Waals surface area contributed by atoms with Gasteiger partial charge in [-0.3, -0.25) is 4.90 Å². The molecule has 1 saturated heterocycles. The summed E-state index contributed by atoms with van der Waals surface area (Å²) in [7, 11) is 0. The molecular weight excluding hydrogens is 162 g/mol. The number of piperidine rings is 1. The lowest BCUT2D eigenvalue weighted by Gasteiger charge is -2.33. The van der Waals surface area contributed by atoms with Crippen molar-refractivity contribution in [2.75, 3.05) is 13.1 Å². The first-order valence-electron chi connectivity index (χ1n) is 5.77. The van der Waals surface area contributed by atoms with Gasteiger partial charge in [0, 0.05) is 12.6 Å². The largest absolute Gasteiger partial charge is 0.391 e. The Morgan fingerprint density at radius 2 is 2.00 bits per heavy atom. The normalized spacial score (nSPS) is 50.5. The molecule has 0 spiro atoms. The summed E-state index contributed by atoms with van der Waals surface area (Å²) in [6.45, 7) is 2.54. The molecule has 4 atom stereocenters. The van der Waals surface area contributed by atoms with Crippen LogP contribution in [0.2, 0.25) is 0 Å². The minimum Gasteiger partial charge on any atom is -0.391 e. The van der Waals surface area contributed by atoms with Crippen LogP contribution in [0.4, 0.5) is 0 Å². The van der Waals surface area contributed by atoms with Crippen LogP contribution in [-0.4, -0.2) is 35.2 Å². The molecule has 1 heterocycles. The molecule has 2 nitrogen and oxygen atoms in total. The van der Waals surface area contributed by atoms with E-state index >= 15 is 0 Å².